The molecule has 8 nitrogen and oxygen atoms in total. The number of aromatic amines is 3. The molecule has 0 aliphatic heterocycles. The van der Waals surface area contributed by atoms with E-state index in [1.807, 2.05) is 36.4 Å². The van der Waals surface area contributed by atoms with Crippen LogP contribution in [0.25, 0.3) is 131 Å². The second kappa shape index (κ2) is 20.1. The molecular weight excluding hydrogens is 1020 g/mol. The molecule has 0 fully saturated rings. The van der Waals surface area contributed by atoms with Crippen molar-refractivity contribution >= 4 is 148 Å². The highest BCUT2D eigenvalue weighted by Gasteiger charge is 2.16. The lowest BCUT2D eigenvalue weighted by Crippen LogP contribution is -2.29. The van der Waals surface area contributed by atoms with E-state index in [1.165, 1.54) is 110 Å². The van der Waals surface area contributed by atoms with Gasteiger partial charge in [-0.1, -0.05) is 169 Å². The van der Waals surface area contributed by atoms with Crippen LogP contribution in [0.15, 0.2) is 239 Å². The molecule has 0 spiro atoms. The van der Waals surface area contributed by atoms with E-state index < -0.39 is 7.12 Å². The van der Waals surface area contributed by atoms with Crippen molar-refractivity contribution in [2.24, 2.45) is 0 Å². The maximum absolute atomic E-state index is 10.2. The van der Waals surface area contributed by atoms with Crippen molar-refractivity contribution in [1.29, 1.82) is 0 Å². The highest BCUT2D eigenvalue weighted by Crippen LogP contribution is 2.39. The van der Waals surface area contributed by atoms with Crippen LogP contribution < -0.4 is 5.46 Å². The number of hydrogen-bond acceptors (Lipinski definition) is 5. The van der Waals surface area contributed by atoms with Crippen LogP contribution in [0.1, 0.15) is 7.43 Å². The van der Waals surface area contributed by atoms with E-state index in [0.29, 0.717) is 5.75 Å². The molecule has 0 unspecified atom stereocenters. The molecule has 0 amide bonds. The Kier molecular flexibility index (Phi) is 12.7. The molecule has 7 N–H and O–H groups in total. The Morgan fingerprint density at radius 1 is 0.351 bits per heavy atom. The predicted molar refractivity (Wildman–Crippen MR) is 327 cm³/mol. The van der Waals surface area contributed by atoms with E-state index in [1.54, 1.807) is 18.2 Å². The summed E-state index contributed by atoms with van der Waals surface area (Å²) in [6.45, 7) is 0. The Labute approximate surface area is 450 Å². The third-order valence-electron chi connectivity index (χ3n) is 14.3. The van der Waals surface area contributed by atoms with Crippen molar-refractivity contribution in [3.05, 3.63) is 235 Å². The minimum Gasteiger partial charge on any atom is -0.508 e. The quantitative estimate of drug-likeness (QED) is 0.0864. The first-order valence-electron chi connectivity index (χ1n) is 24.9. The molecule has 16 rings (SSSR count). The van der Waals surface area contributed by atoms with Crippen LogP contribution in [-0.2, 0) is 0 Å². The lowest BCUT2D eigenvalue weighted by molar-refractivity contribution is 0.419. The van der Waals surface area contributed by atoms with Gasteiger partial charge in [-0.15, -0.1) is 0 Å². The van der Waals surface area contributed by atoms with Crippen LogP contribution in [0.3, 0.4) is 0 Å². The summed E-state index contributed by atoms with van der Waals surface area (Å²) in [5.41, 5.74) is 10.9. The highest BCUT2D eigenvalue weighted by molar-refractivity contribution is 9.10. The molecule has 4 heterocycles. The van der Waals surface area contributed by atoms with Gasteiger partial charge in [0, 0.05) is 91.7 Å². The molecule has 0 aliphatic carbocycles. The largest absolute Gasteiger partial charge is 0.508 e. The number of phenols is 2. The van der Waals surface area contributed by atoms with Crippen molar-refractivity contribution in [3.63, 3.8) is 0 Å². The zero-order chi connectivity index (χ0) is 51.4. The zero-order valence-corrected chi connectivity index (χ0v) is 42.2. The lowest BCUT2D eigenvalue weighted by Gasteiger charge is -2.07. The van der Waals surface area contributed by atoms with Crippen LogP contribution >= 0.6 is 15.9 Å². The topological polar surface area (TPSA) is 141 Å². The molecule has 10 heteroatoms. The van der Waals surface area contributed by atoms with Crippen LogP contribution in [0.5, 0.6) is 11.5 Å². The molecule has 0 saturated heterocycles. The van der Waals surface area contributed by atoms with Crippen molar-refractivity contribution in [2.75, 3.05) is 0 Å². The number of hydrogen-bond donors (Lipinski definition) is 7. The first-order valence-corrected chi connectivity index (χ1v) is 25.7. The Balaban J connectivity index is 0.000000107. The third-order valence-corrected chi connectivity index (χ3v) is 14.8. The zero-order valence-electron chi connectivity index (χ0n) is 40.6. The SMILES string of the molecule is Brc1ccc2ccc3[nH]c4ccccc4c3c2c1.C.OB(O)c1ccccc1O.Oc1ccccc1-c1ccc2ccc3[nH]c4ccccc4c3c2c1.c1ccc2c(c1)[nH]c1ccc3cc4oc5ccccc5c4cc3c12. The average molecular weight is 1070 g/mol. The molecule has 372 valence electrons. The van der Waals surface area contributed by atoms with E-state index in [2.05, 4.69) is 195 Å². The Morgan fingerprint density at radius 3 is 1.36 bits per heavy atom. The number of rotatable bonds is 2. The fourth-order valence-electron chi connectivity index (χ4n) is 10.8. The summed E-state index contributed by atoms with van der Waals surface area (Å²) in [5, 5.41) is 53.7. The summed E-state index contributed by atoms with van der Waals surface area (Å²) in [7, 11) is -1.60. The minimum atomic E-state index is -1.60. The summed E-state index contributed by atoms with van der Waals surface area (Å²) in [4.78, 5) is 10.5. The van der Waals surface area contributed by atoms with Gasteiger partial charge in [-0.05, 0) is 123 Å². The van der Waals surface area contributed by atoms with Crippen LogP contribution in [0, 0.1) is 0 Å². The van der Waals surface area contributed by atoms with Crippen LogP contribution in [-0.4, -0.2) is 42.3 Å². The third kappa shape index (κ3) is 8.84. The van der Waals surface area contributed by atoms with Gasteiger partial charge >= 0.3 is 7.12 Å². The second-order valence-electron chi connectivity index (χ2n) is 18.9. The lowest BCUT2D eigenvalue weighted by atomic mass is 9.80. The fourth-order valence-corrected chi connectivity index (χ4v) is 11.2. The number of benzene rings is 12. The molecular formula is C67H49BBrN3O5. The predicted octanol–water partition coefficient (Wildman–Crippen LogP) is 17.2. The van der Waals surface area contributed by atoms with Crippen LogP contribution in [0.4, 0.5) is 0 Å². The number of furan rings is 1. The molecule has 0 aliphatic rings. The first kappa shape index (κ1) is 48.6. The summed E-state index contributed by atoms with van der Waals surface area (Å²) < 4.78 is 7.15. The molecule has 0 saturated carbocycles. The van der Waals surface area contributed by atoms with Crippen LogP contribution in [0.2, 0.25) is 0 Å². The Bertz CT molecular complexity index is 4880. The summed E-state index contributed by atoms with van der Waals surface area (Å²) in [5.74, 6) is 0.209. The Hall–Kier alpha value is -9.32. The second-order valence-corrected chi connectivity index (χ2v) is 19.8. The molecule has 16 aromatic rings. The molecule has 0 radical (unpaired) electrons. The molecule has 0 atom stereocenters. The van der Waals surface area contributed by atoms with Gasteiger partial charge in [-0.25, -0.2) is 0 Å². The number of para-hydroxylation sites is 6. The van der Waals surface area contributed by atoms with E-state index in [0.717, 1.165) is 37.8 Å². The van der Waals surface area contributed by atoms with Gasteiger partial charge in [0.05, 0.1) is 0 Å². The van der Waals surface area contributed by atoms with Gasteiger partial charge < -0.3 is 39.6 Å². The van der Waals surface area contributed by atoms with Gasteiger partial charge in [0.1, 0.15) is 22.7 Å². The van der Waals surface area contributed by atoms with Gasteiger partial charge in [-0.3, -0.25) is 0 Å². The first-order chi connectivity index (χ1) is 37.2. The summed E-state index contributed by atoms with van der Waals surface area (Å²) in [6, 6.07) is 77.3. The summed E-state index contributed by atoms with van der Waals surface area (Å²) >= 11 is 3.56. The number of nitrogens with one attached hydrogen (secondary N) is 3. The van der Waals surface area contributed by atoms with Gasteiger partial charge in [0.2, 0.25) is 0 Å². The number of H-pyrrole nitrogens is 3. The fraction of sp³-hybridized carbons (Fsp3) is 0.0149. The number of aromatic nitrogens is 3. The maximum Gasteiger partial charge on any atom is 0.492 e. The maximum atomic E-state index is 10.2. The number of phenolic OH excluding ortho intramolecular Hbond substituents is 2. The van der Waals surface area contributed by atoms with E-state index in [4.69, 9.17) is 19.6 Å². The van der Waals surface area contributed by atoms with E-state index in [-0.39, 0.29) is 18.6 Å². The molecule has 12 aromatic carbocycles. The molecule has 4 aromatic heterocycles. The van der Waals surface area contributed by atoms with Crippen molar-refractivity contribution in [2.45, 2.75) is 7.43 Å². The van der Waals surface area contributed by atoms with Gasteiger partial charge in [-0.2, -0.15) is 0 Å². The average Bonchev–Trinajstić information content (AvgIpc) is 4.32. The smallest absolute Gasteiger partial charge is 0.492 e. The van der Waals surface area contributed by atoms with Crippen molar-refractivity contribution in [1.82, 2.24) is 15.0 Å². The number of aromatic hydroxyl groups is 2. The number of fused-ring (bicyclic) bond motifs is 18. The highest BCUT2D eigenvalue weighted by atomic mass is 79.9. The number of halogens is 1. The standard InChI is InChI=1S/C22H13NO.C22H15NO.C16H10BrN.C6H7BO3.CH4/c1-3-7-18-15(6-1)22-16-12-17-14-5-2-4-8-20(14)24-21(17)11-13(16)9-10-19(22)23-18;24-21-8-4-2-5-16(21)15-10-9-14-11-12-20-22(18(14)13-15)17-6-1-3-7-19(17)23-20;17-11-7-5-10-6-8-15-16(13(10)9-11)12-3-1-2-4-14(12)18-15;8-6-4-2-1-3-5(6)7(9)10;/h1-12,23H;1-13,23-24H;1-9,18H;1-4,8-10H;1H4. The van der Waals surface area contributed by atoms with Crippen molar-refractivity contribution < 1.29 is 24.7 Å². The normalized spacial score (nSPS) is 11.3. The Morgan fingerprint density at radius 2 is 0.805 bits per heavy atom. The van der Waals surface area contributed by atoms with E-state index in [9.17, 15) is 5.11 Å². The van der Waals surface area contributed by atoms with Crippen molar-refractivity contribution in [3.8, 4) is 22.6 Å². The van der Waals surface area contributed by atoms with E-state index >= 15 is 0 Å². The monoisotopic (exact) mass is 1070 g/mol. The van der Waals surface area contributed by atoms with Gasteiger partial charge in [0.25, 0.3) is 0 Å². The summed E-state index contributed by atoms with van der Waals surface area (Å²) in [6.07, 6.45) is 0. The molecule has 77 heavy (non-hydrogen) atoms. The molecule has 0 bridgehead atoms. The van der Waals surface area contributed by atoms with Gasteiger partial charge in [0.15, 0.2) is 0 Å². The minimum absolute atomic E-state index is 0.